The van der Waals surface area contributed by atoms with Gasteiger partial charge in [-0.2, -0.15) is 0 Å². The van der Waals surface area contributed by atoms with E-state index in [-0.39, 0.29) is 0 Å². The fourth-order valence-corrected chi connectivity index (χ4v) is 2.67. The van der Waals surface area contributed by atoms with Crippen molar-refractivity contribution in [3.63, 3.8) is 0 Å². The van der Waals surface area contributed by atoms with E-state index >= 15 is 0 Å². The number of hydrogen-bond acceptors (Lipinski definition) is 3. The van der Waals surface area contributed by atoms with E-state index in [0.29, 0.717) is 6.54 Å². The van der Waals surface area contributed by atoms with Gasteiger partial charge in [0.1, 0.15) is 6.33 Å². The van der Waals surface area contributed by atoms with E-state index < -0.39 is 0 Å². The summed E-state index contributed by atoms with van der Waals surface area (Å²) in [7, 11) is 3.69. The quantitative estimate of drug-likeness (QED) is 0.490. The van der Waals surface area contributed by atoms with E-state index in [1.165, 1.54) is 22.0 Å². The lowest BCUT2D eigenvalue weighted by Gasteiger charge is -2.11. The molecule has 2 aromatic heterocycles. The van der Waals surface area contributed by atoms with Gasteiger partial charge < -0.3 is 20.2 Å². The van der Waals surface area contributed by atoms with Gasteiger partial charge in [-0.3, -0.25) is 4.99 Å². The predicted molar refractivity (Wildman–Crippen MR) is 95.9 cm³/mol. The lowest BCUT2D eigenvalue weighted by atomic mass is 10.1. The Labute approximate surface area is 141 Å². The van der Waals surface area contributed by atoms with Crippen LogP contribution in [0.3, 0.4) is 0 Å². The zero-order valence-electron chi connectivity index (χ0n) is 14.3. The number of nitrogens with zero attached hydrogens (tertiary/aromatic N) is 4. The summed E-state index contributed by atoms with van der Waals surface area (Å²) in [4.78, 5) is 7.58. The van der Waals surface area contributed by atoms with E-state index in [9.17, 15) is 0 Å². The molecule has 3 rings (SSSR count). The minimum Gasteiger partial charge on any atom is -0.361 e. The Morgan fingerprint density at radius 3 is 2.96 bits per heavy atom. The van der Waals surface area contributed by atoms with Crippen LogP contribution in [-0.4, -0.2) is 39.3 Å². The maximum atomic E-state index is 4.24. The van der Waals surface area contributed by atoms with Crippen LogP contribution in [0, 0.1) is 6.92 Å². The molecule has 3 aromatic rings. The Morgan fingerprint density at radius 1 is 1.33 bits per heavy atom. The molecule has 7 heteroatoms. The monoisotopic (exact) mass is 325 g/mol. The second kappa shape index (κ2) is 7.16. The second-order valence-electron chi connectivity index (χ2n) is 5.82. The first-order valence-corrected chi connectivity index (χ1v) is 8.01. The normalized spacial score (nSPS) is 11.9. The van der Waals surface area contributed by atoms with Gasteiger partial charge in [-0.05, 0) is 30.5 Å². The molecule has 2 heterocycles. The average Bonchev–Trinajstić information content (AvgIpc) is 3.16. The number of guanidine groups is 1. The Bertz CT molecular complexity index is 844. The number of benzene rings is 1. The van der Waals surface area contributed by atoms with Crippen molar-refractivity contribution in [1.29, 1.82) is 0 Å². The molecular formula is C17H23N7. The molecule has 0 radical (unpaired) electrons. The number of hydrogen-bond donors (Lipinski definition) is 3. The zero-order chi connectivity index (χ0) is 16.9. The lowest BCUT2D eigenvalue weighted by Crippen LogP contribution is -2.38. The number of fused-ring (bicyclic) bond motifs is 1. The minimum atomic E-state index is 0.586. The summed E-state index contributed by atoms with van der Waals surface area (Å²) in [6.45, 7) is 3.50. The summed E-state index contributed by atoms with van der Waals surface area (Å²) in [6, 6.07) is 6.50. The first-order chi connectivity index (χ1) is 11.7. The molecule has 24 heavy (non-hydrogen) atoms. The van der Waals surface area contributed by atoms with Crippen LogP contribution < -0.4 is 10.6 Å². The highest BCUT2D eigenvalue weighted by Crippen LogP contribution is 2.19. The van der Waals surface area contributed by atoms with Crippen molar-refractivity contribution >= 4 is 16.9 Å². The van der Waals surface area contributed by atoms with Gasteiger partial charge in [0.25, 0.3) is 0 Å². The molecule has 1 aromatic carbocycles. The van der Waals surface area contributed by atoms with Crippen LogP contribution in [0.15, 0.2) is 35.7 Å². The third-order valence-corrected chi connectivity index (χ3v) is 4.05. The standard InChI is InChI=1S/C17H23N7/c1-12-4-5-14-13(9-20-15(14)8-12)6-7-19-17(18-2)21-10-16-23-22-11-24(16)3/h4-5,8-9,11,20H,6-7,10H2,1-3H3,(H2,18,19,21). The summed E-state index contributed by atoms with van der Waals surface area (Å²) in [6.07, 6.45) is 4.70. The fourth-order valence-electron chi connectivity index (χ4n) is 2.67. The van der Waals surface area contributed by atoms with E-state index in [1.54, 1.807) is 13.4 Å². The van der Waals surface area contributed by atoms with Crippen molar-refractivity contribution in [2.75, 3.05) is 13.6 Å². The van der Waals surface area contributed by atoms with Gasteiger partial charge in [0.05, 0.1) is 6.54 Å². The van der Waals surface area contributed by atoms with Gasteiger partial charge >= 0.3 is 0 Å². The molecule has 0 saturated carbocycles. The number of aliphatic imine (C=N–C) groups is 1. The molecule has 0 atom stereocenters. The molecule has 3 N–H and O–H groups in total. The molecule has 0 aliphatic heterocycles. The number of rotatable bonds is 5. The first kappa shape index (κ1) is 16.0. The molecule has 0 amide bonds. The Kier molecular flexibility index (Phi) is 4.79. The van der Waals surface area contributed by atoms with Gasteiger partial charge in [-0.25, -0.2) is 0 Å². The van der Waals surface area contributed by atoms with E-state index in [2.05, 4.69) is 62.1 Å². The Balaban J connectivity index is 1.53. The van der Waals surface area contributed by atoms with Crippen LogP contribution >= 0.6 is 0 Å². The highest BCUT2D eigenvalue weighted by Gasteiger charge is 2.05. The molecule has 0 bridgehead atoms. The van der Waals surface area contributed by atoms with Crippen molar-refractivity contribution < 1.29 is 0 Å². The van der Waals surface area contributed by atoms with Crippen molar-refractivity contribution in [3.8, 4) is 0 Å². The highest BCUT2D eigenvalue weighted by molar-refractivity contribution is 5.84. The number of aryl methyl sites for hydroxylation is 2. The van der Waals surface area contributed by atoms with E-state index in [0.717, 1.165) is 24.7 Å². The van der Waals surface area contributed by atoms with E-state index in [4.69, 9.17) is 0 Å². The van der Waals surface area contributed by atoms with E-state index in [1.807, 2.05) is 11.6 Å². The van der Waals surface area contributed by atoms with Gasteiger partial charge in [-0.1, -0.05) is 12.1 Å². The Hall–Kier alpha value is -2.83. The van der Waals surface area contributed by atoms with Gasteiger partial charge in [0, 0.05) is 37.7 Å². The second-order valence-corrected chi connectivity index (χ2v) is 5.82. The van der Waals surface area contributed by atoms with Gasteiger partial charge in [0.15, 0.2) is 11.8 Å². The molecule has 0 unspecified atom stereocenters. The summed E-state index contributed by atoms with van der Waals surface area (Å²) < 4.78 is 1.88. The average molecular weight is 325 g/mol. The first-order valence-electron chi connectivity index (χ1n) is 8.01. The highest BCUT2D eigenvalue weighted by atomic mass is 15.3. The van der Waals surface area contributed by atoms with Crippen molar-refractivity contribution in [3.05, 3.63) is 47.7 Å². The van der Waals surface area contributed by atoms with Gasteiger partial charge in [0.2, 0.25) is 0 Å². The lowest BCUT2D eigenvalue weighted by molar-refractivity contribution is 0.724. The summed E-state index contributed by atoms with van der Waals surface area (Å²) in [5.41, 5.74) is 3.76. The smallest absolute Gasteiger partial charge is 0.191 e. The number of H-pyrrole nitrogens is 1. The molecule has 0 fully saturated rings. The van der Waals surface area contributed by atoms with Gasteiger partial charge in [-0.15, -0.1) is 10.2 Å². The van der Waals surface area contributed by atoms with Crippen LogP contribution in [0.4, 0.5) is 0 Å². The third-order valence-electron chi connectivity index (χ3n) is 4.05. The van der Waals surface area contributed by atoms with Crippen molar-refractivity contribution in [2.24, 2.45) is 12.0 Å². The molecule has 0 aliphatic carbocycles. The molecule has 126 valence electrons. The van der Waals surface area contributed by atoms with Crippen LogP contribution in [0.25, 0.3) is 10.9 Å². The summed E-state index contributed by atoms with van der Waals surface area (Å²) in [5, 5.41) is 15.8. The van der Waals surface area contributed by atoms with Crippen LogP contribution in [-0.2, 0) is 20.0 Å². The SMILES string of the molecule is CN=C(NCCc1c[nH]c2cc(C)ccc12)NCc1nncn1C. The number of aromatic nitrogens is 4. The van der Waals surface area contributed by atoms with Crippen LogP contribution in [0.2, 0.25) is 0 Å². The van der Waals surface area contributed by atoms with Crippen LogP contribution in [0.1, 0.15) is 17.0 Å². The van der Waals surface area contributed by atoms with Crippen molar-refractivity contribution in [1.82, 2.24) is 30.4 Å². The zero-order valence-corrected chi connectivity index (χ0v) is 14.3. The Morgan fingerprint density at radius 2 is 2.21 bits per heavy atom. The molecule has 0 aliphatic rings. The molecule has 0 saturated heterocycles. The largest absolute Gasteiger partial charge is 0.361 e. The fraction of sp³-hybridized carbons (Fsp3) is 0.353. The maximum Gasteiger partial charge on any atom is 0.191 e. The predicted octanol–water partition coefficient (Wildman–Crippen LogP) is 1.51. The molecule has 7 nitrogen and oxygen atoms in total. The van der Waals surface area contributed by atoms with Crippen LogP contribution in [0.5, 0.6) is 0 Å². The minimum absolute atomic E-state index is 0.586. The number of aromatic amines is 1. The molecule has 0 spiro atoms. The topological polar surface area (TPSA) is 82.9 Å². The summed E-state index contributed by atoms with van der Waals surface area (Å²) >= 11 is 0. The number of nitrogens with one attached hydrogen (secondary N) is 3. The maximum absolute atomic E-state index is 4.24. The summed E-state index contributed by atoms with van der Waals surface area (Å²) in [5.74, 6) is 1.62. The van der Waals surface area contributed by atoms with Crippen molar-refractivity contribution in [2.45, 2.75) is 19.9 Å². The third kappa shape index (κ3) is 3.56. The molecular weight excluding hydrogens is 302 g/mol.